The summed E-state index contributed by atoms with van der Waals surface area (Å²) in [5, 5.41) is 2.90. The number of hydrogen-bond acceptors (Lipinski definition) is 3. The summed E-state index contributed by atoms with van der Waals surface area (Å²) in [4.78, 5) is 12.0. The van der Waals surface area contributed by atoms with Crippen LogP contribution in [0.3, 0.4) is 0 Å². The van der Waals surface area contributed by atoms with E-state index in [4.69, 9.17) is 10.5 Å². The van der Waals surface area contributed by atoms with E-state index in [2.05, 4.69) is 5.32 Å². The highest BCUT2D eigenvalue weighted by atomic mass is 16.5. The maximum absolute atomic E-state index is 12.0. The van der Waals surface area contributed by atoms with E-state index in [1.54, 1.807) is 0 Å². The third-order valence-corrected chi connectivity index (χ3v) is 4.00. The number of benzene rings is 1. The van der Waals surface area contributed by atoms with Gasteiger partial charge in [0.15, 0.2) is 0 Å². The molecule has 0 unspecified atom stereocenters. The van der Waals surface area contributed by atoms with Crippen molar-refractivity contribution in [2.24, 2.45) is 5.73 Å². The molecule has 1 aromatic rings. The monoisotopic (exact) mass is 290 g/mol. The lowest BCUT2D eigenvalue weighted by molar-refractivity contribution is 0.0442. The van der Waals surface area contributed by atoms with Gasteiger partial charge in [0, 0.05) is 18.7 Å². The van der Waals surface area contributed by atoms with Crippen LogP contribution in [0.1, 0.15) is 54.4 Å². The molecule has 1 aliphatic carbocycles. The molecule has 4 nitrogen and oxygen atoms in total. The fraction of sp³-hybridized carbons (Fsp3) is 0.588. The van der Waals surface area contributed by atoms with Crippen molar-refractivity contribution in [2.45, 2.75) is 51.2 Å². The van der Waals surface area contributed by atoms with Gasteiger partial charge in [0.2, 0.25) is 0 Å². The second kappa shape index (κ2) is 8.80. The Bertz CT molecular complexity index is 423. The molecule has 0 saturated heterocycles. The topological polar surface area (TPSA) is 64.4 Å². The van der Waals surface area contributed by atoms with Crippen LogP contribution >= 0.6 is 0 Å². The van der Waals surface area contributed by atoms with E-state index in [0.29, 0.717) is 31.4 Å². The molecular formula is C17H26N2O2. The minimum Gasteiger partial charge on any atom is -0.376 e. The molecule has 116 valence electrons. The average molecular weight is 290 g/mol. The van der Waals surface area contributed by atoms with Crippen LogP contribution in [0, 0.1) is 0 Å². The molecule has 0 radical (unpaired) electrons. The van der Waals surface area contributed by atoms with E-state index in [1.165, 1.54) is 25.7 Å². The first kappa shape index (κ1) is 16.0. The number of carbonyl (C=O) groups excluding carboxylic acids is 1. The molecule has 4 heteroatoms. The van der Waals surface area contributed by atoms with Crippen LogP contribution in [0.2, 0.25) is 0 Å². The Kier molecular flexibility index (Phi) is 6.70. The van der Waals surface area contributed by atoms with Crippen molar-refractivity contribution in [3.05, 3.63) is 35.4 Å². The Morgan fingerprint density at radius 3 is 2.43 bits per heavy atom. The zero-order valence-electron chi connectivity index (χ0n) is 12.6. The molecule has 1 aromatic carbocycles. The van der Waals surface area contributed by atoms with Crippen molar-refractivity contribution < 1.29 is 9.53 Å². The molecule has 21 heavy (non-hydrogen) atoms. The maximum Gasteiger partial charge on any atom is 0.251 e. The lowest BCUT2D eigenvalue weighted by Crippen LogP contribution is -2.28. The van der Waals surface area contributed by atoms with Gasteiger partial charge >= 0.3 is 0 Å². The van der Waals surface area contributed by atoms with Crippen LogP contribution in [0.15, 0.2) is 24.3 Å². The van der Waals surface area contributed by atoms with Gasteiger partial charge in [0.05, 0.1) is 12.7 Å². The molecule has 2 rings (SSSR count). The summed E-state index contributed by atoms with van der Waals surface area (Å²) in [6.45, 7) is 1.66. The van der Waals surface area contributed by atoms with Crippen molar-refractivity contribution in [2.75, 3.05) is 13.2 Å². The number of rotatable bonds is 6. The highest BCUT2D eigenvalue weighted by molar-refractivity contribution is 5.94. The maximum atomic E-state index is 12.0. The summed E-state index contributed by atoms with van der Waals surface area (Å²) in [6, 6.07) is 7.39. The molecule has 0 bridgehead atoms. The van der Waals surface area contributed by atoms with E-state index in [-0.39, 0.29) is 5.91 Å². The number of nitrogens with one attached hydrogen (secondary N) is 1. The van der Waals surface area contributed by atoms with Gasteiger partial charge in [0.1, 0.15) is 0 Å². The van der Waals surface area contributed by atoms with Gasteiger partial charge < -0.3 is 15.8 Å². The molecule has 1 fully saturated rings. The molecular weight excluding hydrogens is 264 g/mol. The van der Waals surface area contributed by atoms with E-state index in [1.807, 2.05) is 24.3 Å². The zero-order chi connectivity index (χ0) is 14.9. The van der Waals surface area contributed by atoms with Crippen LogP contribution in [0.5, 0.6) is 0 Å². The molecule has 0 heterocycles. The van der Waals surface area contributed by atoms with Gasteiger partial charge in [-0.25, -0.2) is 0 Å². The SMILES string of the molecule is NCc1ccc(C(=O)NCCOC2CCCCCC2)cc1. The lowest BCUT2D eigenvalue weighted by Gasteiger charge is -2.15. The number of carbonyl (C=O) groups is 1. The smallest absolute Gasteiger partial charge is 0.251 e. The first-order valence-electron chi connectivity index (χ1n) is 7.98. The largest absolute Gasteiger partial charge is 0.376 e. The van der Waals surface area contributed by atoms with Crippen LogP contribution in [-0.4, -0.2) is 25.2 Å². The molecule has 0 spiro atoms. The first-order chi connectivity index (χ1) is 10.3. The summed E-state index contributed by atoms with van der Waals surface area (Å²) >= 11 is 0. The zero-order valence-corrected chi connectivity index (χ0v) is 12.6. The van der Waals surface area contributed by atoms with Crippen molar-refractivity contribution >= 4 is 5.91 Å². The van der Waals surface area contributed by atoms with Crippen molar-refractivity contribution in [1.29, 1.82) is 0 Å². The highest BCUT2D eigenvalue weighted by Gasteiger charge is 2.12. The Morgan fingerprint density at radius 1 is 1.14 bits per heavy atom. The third kappa shape index (κ3) is 5.48. The summed E-state index contributed by atoms with van der Waals surface area (Å²) in [5.74, 6) is -0.0527. The number of nitrogens with two attached hydrogens (primary N) is 1. The van der Waals surface area contributed by atoms with Gasteiger partial charge in [-0.05, 0) is 30.5 Å². The van der Waals surface area contributed by atoms with E-state index >= 15 is 0 Å². The van der Waals surface area contributed by atoms with Gasteiger partial charge in [-0.15, -0.1) is 0 Å². The fourth-order valence-electron chi connectivity index (χ4n) is 2.69. The quantitative estimate of drug-likeness (QED) is 0.625. The van der Waals surface area contributed by atoms with Crippen LogP contribution in [-0.2, 0) is 11.3 Å². The predicted octanol–water partition coefficient (Wildman–Crippen LogP) is 2.61. The van der Waals surface area contributed by atoms with Gasteiger partial charge in [-0.2, -0.15) is 0 Å². The fourth-order valence-corrected chi connectivity index (χ4v) is 2.69. The van der Waals surface area contributed by atoms with Gasteiger partial charge in [-0.1, -0.05) is 37.8 Å². The Balaban J connectivity index is 1.66. The summed E-state index contributed by atoms with van der Waals surface area (Å²) < 4.78 is 5.85. The molecule has 0 aliphatic heterocycles. The molecule has 1 amide bonds. The van der Waals surface area contributed by atoms with Crippen molar-refractivity contribution in [1.82, 2.24) is 5.32 Å². The van der Waals surface area contributed by atoms with Crippen LogP contribution < -0.4 is 11.1 Å². The first-order valence-corrected chi connectivity index (χ1v) is 7.98. The normalized spacial score (nSPS) is 16.4. The lowest BCUT2D eigenvalue weighted by atomic mass is 10.1. The predicted molar refractivity (Wildman–Crippen MR) is 84.1 cm³/mol. The van der Waals surface area contributed by atoms with E-state index in [0.717, 1.165) is 18.4 Å². The highest BCUT2D eigenvalue weighted by Crippen LogP contribution is 2.19. The van der Waals surface area contributed by atoms with Gasteiger partial charge in [-0.3, -0.25) is 4.79 Å². The van der Waals surface area contributed by atoms with E-state index < -0.39 is 0 Å². The molecule has 0 aromatic heterocycles. The Labute approximate surface area is 127 Å². The molecule has 0 atom stereocenters. The number of ether oxygens (including phenoxy) is 1. The Morgan fingerprint density at radius 2 is 1.81 bits per heavy atom. The second-order valence-electron chi connectivity index (χ2n) is 5.64. The Hall–Kier alpha value is -1.39. The summed E-state index contributed by atoms with van der Waals surface area (Å²) in [5.41, 5.74) is 7.24. The average Bonchev–Trinajstić information content (AvgIpc) is 2.80. The van der Waals surface area contributed by atoms with Crippen LogP contribution in [0.4, 0.5) is 0 Å². The minimum absolute atomic E-state index is 0.0527. The summed E-state index contributed by atoms with van der Waals surface area (Å²) in [7, 11) is 0. The molecule has 1 aliphatic rings. The molecule has 1 saturated carbocycles. The van der Waals surface area contributed by atoms with Crippen LogP contribution in [0.25, 0.3) is 0 Å². The summed E-state index contributed by atoms with van der Waals surface area (Å²) in [6.07, 6.45) is 7.90. The van der Waals surface area contributed by atoms with Crippen molar-refractivity contribution in [3.8, 4) is 0 Å². The minimum atomic E-state index is -0.0527. The van der Waals surface area contributed by atoms with Gasteiger partial charge in [0.25, 0.3) is 5.91 Å². The second-order valence-corrected chi connectivity index (χ2v) is 5.64. The third-order valence-electron chi connectivity index (χ3n) is 4.00. The number of amides is 1. The van der Waals surface area contributed by atoms with Crippen molar-refractivity contribution in [3.63, 3.8) is 0 Å². The standard InChI is InChI=1S/C17H26N2O2/c18-13-14-7-9-15(10-8-14)17(20)19-11-12-21-16-5-3-1-2-4-6-16/h7-10,16H,1-6,11-13,18H2,(H,19,20). The number of hydrogen-bond donors (Lipinski definition) is 2. The van der Waals surface area contributed by atoms with E-state index in [9.17, 15) is 4.79 Å². The molecule has 3 N–H and O–H groups in total.